The fraction of sp³-hybridized carbons (Fsp3) is 0.933. The highest BCUT2D eigenvalue weighted by atomic mass is 16.7. The van der Waals surface area contributed by atoms with Crippen LogP contribution in [0.15, 0.2) is 0 Å². The monoisotopic (exact) mass is 336 g/mol. The van der Waals surface area contributed by atoms with Crippen LogP contribution < -0.4 is 0 Å². The van der Waals surface area contributed by atoms with E-state index in [1.165, 1.54) is 0 Å². The Morgan fingerprint density at radius 3 is 2.13 bits per heavy atom. The lowest BCUT2D eigenvalue weighted by Gasteiger charge is -2.39. The van der Waals surface area contributed by atoms with Gasteiger partial charge in [0.25, 0.3) is 0 Å². The number of carbonyl (C=O) groups is 1. The molecule has 0 aliphatic carbocycles. The summed E-state index contributed by atoms with van der Waals surface area (Å²) in [6.45, 7) is -0.140. The Morgan fingerprint density at radius 2 is 1.52 bits per heavy atom. The predicted molar refractivity (Wildman–Crippen MR) is 79.7 cm³/mol. The number of unbranched alkanes of at least 4 members (excludes halogenated alkanes) is 5. The molecule has 1 fully saturated rings. The van der Waals surface area contributed by atoms with Crippen LogP contribution in [0.25, 0.3) is 0 Å². The Bertz CT molecular complexity index is 335. The van der Waals surface area contributed by atoms with Gasteiger partial charge in [0.15, 0.2) is 6.29 Å². The first-order valence-corrected chi connectivity index (χ1v) is 8.11. The second-order valence-electron chi connectivity index (χ2n) is 5.83. The Hall–Kier alpha value is -0.770. The number of rotatable bonds is 11. The molecule has 2 unspecified atom stereocenters. The summed E-state index contributed by atoms with van der Waals surface area (Å²) in [5.74, 6) is -0.766. The number of hydrogen-bond acceptors (Lipinski definition) is 7. The first kappa shape index (κ1) is 20.3. The molecule has 1 heterocycles. The molecular weight excluding hydrogens is 308 g/mol. The van der Waals surface area contributed by atoms with Crippen molar-refractivity contribution in [1.29, 1.82) is 0 Å². The van der Waals surface area contributed by atoms with Crippen LogP contribution in [-0.2, 0) is 14.3 Å². The molecule has 0 aromatic carbocycles. The smallest absolute Gasteiger partial charge is 0.303 e. The summed E-state index contributed by atoms with van der Waals surface area (Å²) in [5, 5.41) is 46.6. The third-order valence-electron chi connectivity index (χ3n) is 3.92. The first-order valence-electron chi connectivity index (χ1n) is 8.11. The molecule has 8 nitrogen and oxygen atoms in total. The minimum atomic E-state index is -1.42. The summed E-state index contributed by atoms with van der Waals surface area (Å²) in [4.78, 5) is 10.3. The zero-order valence-corrected chi connectivity index (χ0v) is 13.2. The number of aliphatic hydroxyl groups excluding tert-OH is 4. The van der Waals surface area contributed by atoms with Crippen LogP contribution in [0, 0.1) is 0 Å². The van der Waals surface area contributed by atoms with Gasteiger partial charge in [-0.1, -0.05) is 25.7 Å². The first-order chi connectivity index (χ1) is 11.0. The lowest BCUT2D eigenvalue weighted by molar-refractivity contribution is -0.301. The topological polar surface area (TPSA) is 137 Å². The van der Waals surface area contributed by atoms with Gasteiger partial charge in [-0.15, -0.1) is 0 Å². The Kier molecular flexibility index (Phi) is 9.61. The van der Waals surface area contributed by atoms with Gasteiger partial charge in [-0.05, 0) is 12.8 Å². The largest absolute Gasteiger partial charge is 0.481 e. The van der Waals surface area contributed by atoms with Gasteiger partial charge < -0.3 is 35.0 Å². The van der Waals surface area contributed by atoms with Gasteiger partial charge in [-0.3, -0.25) is 4.79 Å². The molecule has 0 radical (unpaired) electrons. The van der Waals surface area contributed by atoms with Crippen LogP contribution in [-0.4, -0.2) is 75.4 Å². The minimum absolute atomic E-state index is 0.209. The summed E-state index contributed by atoms with van der Waals surface area (Å²) >= 11 is 0. The van der Waals surface area contributed by atoms with Crippen molar-refractivity contribution < 1.29 is 39.8 Å². The second kappa shape index (κ2) is 10.9. The van der Waals surface area contributed by atoms with Gasteiger partial charge in [0.05, 0.1) is 6.61 Å². The molecule has 0 aromatic rings. The van der Waals surface area contributed by atoms with Gasteiger partial charge in [0.2, 0.25) is 0 Å². The Balaban J connectivity index is 2.09. The SMILES string of the molecule is O=C(O)CCCCCCCCO[C@@H]1OC(CO)[C@H](O)[C@H](O)C1O. The molecule has 23 heavy (non-hydrogen) atoms. The maximum Gasteiger partial charge on any atom is 0.303 e. The quantitative estimate of drug-likeness (QED) is 0.322. The maximum absolute atomic E-state index is 10.3. The molecule has 5 atom stereocenters. The lowest BCUT2D eigenvalue weighted by Crippen LogP contribution is -2.59. The minimum Gasteiger partial charge on any atom is -0.481 e. The fourth-order valence-corrected chi connectivity index (χ4v) is 2.49. The predicted octanol–water partition coefficient (Wildman–Crippen LogP) is -0.382. The van der Waals surface area contributed by atoms with E-state index in [2.05, 4.69) is 0 Å². The van der Waals surface area contributed by atoms with Crippen molar-refractivity contribution in [2.75, 3.05) is 13.2 Å². The molecule has 5 N–H and O–H groups in total. The fourth-order valence-electron chi connectivity index (χ4n) is 2.49. The van der Waals surface area contributed by atoms with E-state index in [1.807, 2.05) is 0 Å². The van der Waals surface area contributed by atoms with Gasteiger partial charge in [-0.25, -0.2) is 0 Å². The number of carboxylic acids is 1. The normalized spacial score (nSPS) is 31.2. The van der Waals surface area contributed by atoms with E-state index in [0.29, 0.717) is 13.0 Å². The molecule has 0 spiro atoms. The molecule has 0 bridgehead atoms. The number of aliphatic hydroxyl groups is 4. The summed E-state index contributed by atoms with van der Waals surface area (Å²) in [6, 6.07) is 0. The molecule has 1 aliphatic rings. The van der Waals surface area contributed by atoms with Crippen LogP contribution >= 0.6 is 0 Å². The van der Waals surface area contributed by atoms with E-state index >= 15 is 0 Å². The highest BCUT2D eigenvalue weighted by Crippen LogP contribution is 2.22. The summed E-state index contributed by atoms with van der Waals surface area (Å²) in [6.07, 6.45) is -0.793. The van der Waals surface area contributed by atoms with Crippen molar-refractivity contribution in [3.05, 3.63) is 0 Å². The van der Waals surface area contributed by atoms with E-state index in [-0.39, 0.29) is 6.42 Å². The second-order valence-corrected chi connectivity index (χ2v) is 5.83. The van der Waals surface area contributed by atoms with Gasteiger partial charge in [0, 0.05) is 13.0 Å². The van der Waals surface area contributed by atoms with Gasteiger partial charge >= 0.3 is 5.97 Å². The summed E-state index contributed by atoms with van der Waals surface area (Å²) in [7, 11) is 0. The third kappa shape index (κ3) is 7.11. The van der Waals surface area contributed by atoms with Gasteiger partial charge in [0.1, 0.15) is 24.4 Å². The molecule has 136 valence electrons. The maximum atomic E-state index is 10.3. The van der Waals surface area contributed by atoms with E-state index < -0.39 is 43.3 Å². The Morgan fingerprint density at radius 1 is 0.913 bits per heavy atom. The highest BCUT2D eigenvalue weighted by molar-refractivity contribution is 5.66. The zero-order chi connectivity index (χ0) is 17.2. The number of hydrogen-bond donors (Lipinski definition) is 5. The van der Waals surface area contributed by atoms with E-state index in [0.717, 1.165) is 32.1 Å². The van der Waals surface area contributed by atoms with Crippen molar-refractivity contribution >= 4 is 5.97 Å². The molecule has 0 aromatic heterocycles. The number of ether oxygens (including phenoxy) is 2. The van der Waals surface area contributed by atoms with Crippen molar-refractivity contribution in [3.63, 3.8) is 0 Å². The molecule has 0 saturated carbocycles. The molecule has 0 amide bonds. The van der Waals surface area contributed by atoms with Crippen molar-refractivity contribution in [2.45, 2.75) is 75.7 Å². The molecule has 1 aliphatic heterocycles. The number of aliphatic carboxylic acids is 1. The number of carboxylic acid groups (broad SMARTS) is 1. The van der Waals surface area contributed by atoms with Crippen LogP contribution in [0.3, 0.4) is 0 Å². The average Bonchev–Trinajstić information content (AvgIpc) is 2.52. The van der Waals surface area contributed by atoms with Gasteiger partial charge in [-0.2, -0.15) is 0 Å². The molecule has 1 saturated heterocycles. The molecule has 1 rings (SSSR count). The van der Waals surface area contributed by atoms with Crippen molar-refractivity contribution in [3.8, 4) is 0 Å². The van der Waals surface area contributed by atoms with Crippen molar-refractivity contribution in [2.24, 2.45) is 0 Å². The van der Waals surface area contributed by atoms with E-state index in [9.17, 15) is 20.1 Å². The van der Waals surface area contributed by atoms with Crippen LogP contribution in [0.1, 0.15) is 44.9 Å². The highest BCUT2D eigenvalue weighted by Gasteiger charge is 2.43. The zero-order valence-electron chi connectivity index (χ0n) is 13.2. The molecular formula is C15H28O8. The summed E-state index contributed by atoms with van der Waals surface area (Å²) in [5.41, 5.74) is 0. The van der Waals surface area contributed by atoms with Crippen LogP contribution in [0.4, 0.5) is 0 Å². The Labute approximate surface area is 135 Å². The lowest BCUT2D eigenvalue weighted by atomic mass is 9.99. The summed E-state index contributed by atoms with van der Waals surface area (Å²) < 4.78 is 10.6. The van der Waals surface area contributed by atoms with E-state index in [4.69, 9.17) is 19.7 Å². The average molecular weight is 336 g/mol. The van der Waals surface area contributed by atoms with Crippen LogP contribution in [0.5, 0.6) is 0 Å². The standard InChI is InChI=1S/C15H28O8/c16-9-10-12(19)13(20)14(21)15(23-10)22-8-6-4-2-1-3-5-7-11(17)18/h10,12-16,19-21H,1-9H2,(H,17,18)/t10?,12-,13-,14?,15+/m0/s1. The molecule has 8 heteroatoms. The third-order valence-corrected chi connectivity index (χ3v) is 3.92. The van der Waals surface area contributed by atoms with Crippen molar-refractivity contribution in [1.82, 2.24) is 0 Å². The van der Waals surface area contributed by atoms with E-state index in [1.54, 1.807) is 0 Å². The van der Waals surface area contributed by atoms with Crippen LogP contribution in [0.2, 0.25) is 0 Å².